The van der Waals surface area contributed by atoms with E-state index in [-0.39, 0.29) is 23.7 Å². The summed E-state index contributed by atoms with van der Waals surface area (Å²) in [5, 5.41) is 25.1. The Labute approximate surface area is 131 Å². The van der Waals surface area contributed by atoms with Gasteiger partial charge < -0.3 is 20.8 Å². The van der Waals surface area contributed by atoms with Crippen molar-refractivity contribution in [1.29, 1.82) is 0 Å². The molecule has 2 fully saturated rings. The molecule has 2 aliphatic rings. The molecule has 0 spiro atoms. The quantitative estimate of drug-likeness (QED) is 0.498. The highest BCUT2D eigenvalue weighted by Gasteiger charge is 2.30. The second-order valence-corrected chi connectivity index (χ2v) is 6.34. The van der Waals surface area contributed by atoms with E-state index in [0.29, 0.717) is 12.8 Å². The fraction of sp³-hybridized carbons (Fsp3) is 0.750. The highest BCUT2D eigenvalue weighted by Crippen LogP contribution is 2.25. The van der Waals surface area contributed by atoms with E-state index in [2.05, 4.69) is 10.6 Å². The lowest BCUT2D eigenvalue weighted by Crippen LogP contribution is -2.25. The van der Waals surface area contributed by atoms with E-state index in [1.54, 1.807) is 0 Å². The molecule has 0 aromatic heterocycles. The zero-order valence-corrected chi connectivity index (χ0v) is 12.8. The number of hydrogen-bond donors (Lipinski definition) is 4. The number of hydrogen-bond acceptors (Lipinski definition) is 4. The first kappa shape index (κ1) is 17.0. The van der Waals surface area contributed by atoms with Crippen LogP contribution in [0.3, 0.4) is 0 Å². The van der Waals surface area contributed by atoms with Crippen molar-refractivity contribution in [3.63, 3.8) is 0 Å². The molecule has 2 aliphatic heterocycles. The van der Waals surface area contributed by atoms with Crippen LogP contribution in [0.2, 0.25) is 0 Å². The molecule has 4 atom stereocenters. The van der Waals surface area contributed by atoms with Crippen molar-refractivity contribution < 1.29 is 19.8 Å². The average molecular weight is 310 g/mol. The van der Waals surface area contributed by atoms with Gasteiger partial charge in [0.25, 0.3) is 0 Å². The molecule has 0 aromatic carbocycles. The molecule has 2 heterocycles. The summed E-state index contributed by atoms with van der Waals surface area (Å²) >= 11 is 0. The summed E-state index contributed by atoms with van der Waals surface area (Å²) < 4.78 is 0. The Morgan fingerprint density at radius 2 is 1.32 bits per heavy atom. The van der Waals surface area contributed by atoms with Crippen LogP contribution >= 0.6 is 0 Å². The Hall–Kier alpha value is -1.40. The van der Waals surface area contributed by atoms with E-state index >= 15 is 0 Å². The minimum absolute atomic E-state index is 0.177. The summed E-state index contributed by atoms with van der Waals surface area (Å²) in [6, 6.07) is 0. The summed E-state index contributed by atoms with van der Waals surface area (Å²) in [4.78, 5) is 22.7. The van der Waals surface area contributed by atoms with E-state index in [9.17, 15) is 19.8 Å². The van der Waals surface area contributed by atoms with Gasteiger partial charge in [0.1, 0.15) is 0 Å². The molecule has 2 saturated heterocycles. The van der Waals surface area contributed by atoms with Crippen molar-refractivity contribution in [2.75, 3.05) is 26.2 Å². The molecule has 0 amide bonds. The predicted octanol–water partition coefficient (Wildman–Crippen LogP) is 0.943. The second-order valence-electron chi connectivity index (χ2n) is 6.34. The van der Waals surface area contributed by atoms with Crippen LogP contribution in [0.15, 0.2) is 12.2 Å². The monoisotopic (exact) mass is 310 g/mol. The van der Waals surface area contributed by atoms with Crippen molar-refractivity contribution in [2.24, 2.45) is 23.7 Å². The van der Waals surface area contributed by atoms with Gasteiger partial charge in [-0.05, 0) is 63.7 Å². The van der Waals surface area contributed by atoms with Crippen LogP contribution in [0.5, 0.6) is 0 Å². The van der Waals surface area contributed by atoms with Crippen molar-refractivity contribution in [3.05, 3.63) is 12.2 Å². The first-order valence-corrected chi connectivity index (χ1v) is 8.11. The fourth-order valence-corrected chi connectivity index (χ4v) is 3.52. The van der Waals surface area contributed by atoms with Gasteiger partial charge in [0.05, 0.1) is 11.8 Å². The molecule has 0 aromatic rings. The number of nitrogens with one attached hydrogen (secondary N) is 2. The van der Waals surface area contributed by atoms with Crippen LogP contribution in [0.1, 0.15) is 25.7 Å². The second kappa shape index (κ2) is 8.29. The Bertz CT molecular complexity index is 374. The minimum atomic E-state index is -0.756. The highest BCUT2D eigenvalue weighted by atomic mass is 16.4. The molecule has 22 heavy (non-hydrogen) atoms. The van der Waals surface area contributed by atoms with Gasteiger partial charge in [-0.1, -0.05) is 12.2 Å². The van der Waals surface area contributed by atoms with Gasteiger partial charge in [0.2, 0.25) is 0 Å². The number of carbonyl (C=O) groups is 2. The van der Waals surface area contributed by atoms with Crippen LogP contribution in [-0.2, 0) is 9.59 Å². The maximum Gasteiger partial charge on any atom is 0.307 e. The standard InChI is InChI=1S/C16H26N2O4/c19-15(20)13(11-5-7-17-9-11)3-1-2-4-14(16(21)22)12-6-8-18-10-12/h1-2,11-14,17-18H,3-10H2,(H,19,20)(H,21,22)/b2-1+/t11-,12-,13-,14-/m0/s1. The van der Waals surface area contributed by atoms with Crippen LogP contribution in [0, 0.1) is 23.7 Å². The van der Waals surface area contributed by atoms with E-state index in [1.165, 1.54) is 0 Å². The summed E-state index contributed by atoms with van der Waals surface area (Å²) in [5.74, 6) is -1.90. The number of carboxylic acids is 2. The van der Waals surface area contributed by atoms with Crippen LogP contribution < -0.4 is 10.6 Å². The van der Waals surface area contributed by atoms with Crippen LogP contribution in [-0.4, -0.2) is 48.3 Å². The first-order valence-electron chi connectivity index (χ1n) is 8.11. The van der Waals surface area contributed by atoms with Gasteiger partial charge in [-0.2, -0.15) is 0 Å². The number of allylic oxidation sites excluding steroid dienone is 2. The summed E-state index contributed by atoms with van der Waals surface area (Å²) in [5.41, 5.74) is 0. The smallest absolute Gasteiger partial charge is 0.307 e. The molecular weight excluding hydrogens is 284 g/mol. The van der Waals surface area contributed by atoms with Crippen molar-refractivity contribution >= 4 is 11.9 Å². The first-order chi connectivity index (χ1) is 10.6. The number of carboxylic acid groups (broad SMARTS) is 2. The normalized spacial score (nSPS) is 28.0. The van der Waals surface area contributed by atoms with Gasteiger partial charge in [-0.15, -0.1) is 0 Å². The van der Waals surface area contributed by atoms with E-state index in [4.69, 9.17) is 0 Å². The molecule has 2 rings (SSSR count). The highest BCUT2D eigenvalue weighted by molar-refractivity contribution is 5.71. The van der Waals surface area contributed by atoms with Crippen molar-refractivity contribution in [3.8, 4) is 0 Å². The maximum absolute atomic E-state index is 11.4. The zero-order valence-electron chi connectivity index (χ0n) is 12.8. The molecule has 0 aliphatic carbocycles. The molecule has 0 unspecified atom stereocenters. The third-order valence-corrected chi connectivity index (χ3v) is 4.92. The predicted molar refractivity (Wildman–Crippen MR) is 82.6 cm³/mol. The maximum atomic E-state index is 11.4. The summed E-state index contributed by atoms with van der Waals surface area (Å²) in [6.07, 6.45) is 6.48. The average Bonchev–Trinajstić information content (AvgIpc) is 3.14. The Morgan fingerprint density at radius 3 is 1.59 bits per heavy atom. The molecule has 0 saturated carbocycles. The molecule has 0 bridgehead atoms. The number of aliphatic carboxylic acids is 2. The lowest BCUT2D eigenvalue weighted by molar-refractivity contribution is -0.144. The molecular formula is C16H26N2O4. The van der Waals surface area contributed by atoms with Crippen molar-refractivity contribution in [1.82, 2.24) is 10.6 Å². The Morgan fingerprint density at radius 1 is 0.909 bits per heavy atom. The van der Waals surface area contributed by atoms with Gasteiger partial charge in [-0.3, -0.25) is 9.59 Å². The summed E-state index contributed by atoms with van der Waals surface area (Å²) in [6.45, 7) is 3.29. The fourth-order valence-electron chi connectivity index (χ4n) is 3.52. The number of rotatable bonds is 8. The third kappa shape index (κ3) is 4.55. The van der Waals surface area contributed by atoms with Gasteiger partial charge in [0.15, 0.2) is 0 Å². The molecule has 124 valence electrons. The molecule has 6 heteroatoms. The molecule has 4 N–H and O–H groups in total. The topological polar surface area (TPSA) is 98.7 Å². The van der Waals surface area contributed by atoms with Gasteiger partial charge in [0, 0.05) is 0 Å². The Balaban J connectivity index is 1.84. The van der Waals surface area contributed by atoms with Gasteiger partial charge >= 0.3 is 11.9 Å². The van der Waals surface area contributed by atoms with Crippen molar-refractivity contribution in [2.45, 2.75) is 25.7 Å². The lowest BCUT2D eigenvalue weighted by atomic mass is 9.87. The van der Waals surface area contributed by atoms with Crippen LogP contribution in [0.4, 0.5) is 0 Å². The lowest BCUT2D eigenvalue weighted by Gasteiger charge is -2.18. The largest absolute Gasteiger partial charge is 0.481 e. The SMILES string of the molecule is O=C(O)[C@@H](C/C=C/C[C@H](C(=O)O)[C@H]1CCNC1)[C@H]1CCNC1. The third-order valence-electron chi connectivity index (χ3n) is 4.92. The summed E-state index contributed by atoms with van der Waals surface area (Å²) in [7, 11) is 0. The van der Waals surface area contributed by atoms with E-state index in [0.717, 1.165) is 39.0 Å². The minimum Gasteiger partial charge on any atom is -0.481 e. The van der Waals surface area contributed by atoms with E-state index in [1.807, 2.05) is 12.2 Å². The molecule has 6 nitrogen and oxygen atoms in total. The zero-order chi connectivity index (χ0) is 15.9. The van der Waals surface area contributed by atoms with Crippen LogP contribution in [0.25, 0.3) is 0 Å². The van der Waals surface area contributed by atoms with Gasteiger partial charge in [-0.25, -0.2) is 0 Å². The van der Waals surface area contributed by atoms with E-state index < -0.39 is 11.9 Å². The molecule has 0 radical (unpaired) electrons. The Kier molecular flexibility index (Phi) is 6.39.